The first kappa shape index (κ1) is 24.0. The van der Waals surface area contributed by atoms with Crippen LogP contribution in [0.15, 0.2) is 12.4 Å². The summed E-state index contributed by atoms with van der Waals surface area (Å²) in [6.07, 6.45) is 1.96. The molecule has 5 heterocycles. The fourth-order valence-electron chi connectivity index (χ4n) is 7.11. The molecular weight excluding hydrogens is 509 g/mol. The largest absolute Gasteiger partial charge is 0.394 e. The predicted octanol–water partition coefficient (Wildman–Crippen LogP) is 3.90. The van der Waals surface area contributed by atoms with Crippen molar-refractivity contribution in [2.24, 2.45) is 5.41 Å². The quantitative estimate of drug-likeness (QED) is 0.521. The van der Waals surface area contributed by atoms with E-state index in [2.05, 4.69) is 21.5 Å². The van der Waals surface area contributed by atoms with Gasteiger partial charge >= 0.3 is 6.18 Å². The summed E-state index contributed by atoms with van der Waals surface area (Å²) < 4.78 is 49.6. The van der Waals surface area contributed by atoms with E-state index >= 15 is 0 Å². The highest BCUT2D eigenvalue weighted by Crippen LogP contribution is 2.78. The Morgan fingerprint density at radius 1 is 1.05 bits per heavy atom. The van der Waals surface area contributed by atoms with Crippen LogP contribution < -0.4 is 10.2 Å². The van der Waals surface area contributed by atoms with E-state index in [0.29, 0.717) is 41.9 Å². The summed E-state index contributed by atoms with van der Waals surface area (Å²) in [4.78, 5) is 21.8. The number of aromatic nitrogens is 6. The van der Waals surface area contributed by atoms with Crippen molar-refractivity contribution in [3.05, 3.63) is 35.0 Å². The summed E-state index contributed by atoms with van der Waals surface area (Å²) in [5, 5.41) is 7.80. The fraction of sp³-hybridized carbons (Fsp3) is 0.667. The van der Waals surface area contributed by atoms with Crippen molar-refractivity contribution >= 4 is 17.1 Å². The van der Waals surface area contributed by atoms with Gasteiger partial charge in [-0.3, -0.25) is 4.68 Å². The second kappa shape index (κ2) is 7.87. The number of morpholine rings is 1. The van der Waals surface area contributed by atoms with Gasteiger partial charge in [-0.15, -0.1) is 0 Å². The van der Waals surface area contributed by atoms with Crippen LogP contribution >= 0.6 is 0 Å². The molecule has 4 saturated carbocycles. The number of rotatable bonds is 5. The maximum atomic E-state index is 13.8. The van der Waals surface area contributed by atoms with Gasteiger partial charge in [-0.2, -0.15) is 23.3 Å². The molecule has 206 valence electrons. The Morgan fingerprint density at radius 3 is 2.49 bits per heavy atom. The number of hydrogen-bond acceptors (Lipinski definition) is 8. The molecule has 2 unspecified atom stereocenters. The molecule has 2 saturated heterocycles. The molecule has 3 aromatic rings. The maximum absolute atomic E-state index is 13.8. The smallest absolute Gasteiger partial charge is 0.367 e. The van der Waals surface area contributed by atoms with E-state index in [9.17, 15) is 13.2 Å². The molecule has 9 rings (SSSR count). The van der Waals surface area contributed by atoms with Crippen molar-refractivity contribution in [2.45, 2.75) is 81.7 Å². The van der Waals surface area contributed by atoms with Gasteiger partial charge < -0.3 is 15.0 Å². The van der Waals surface area contributed by atoms with E-state index in [4.69, 9.17) is 24.7 Å². The number of nitrogens with one attached hydrogen (secondary N) is 1. The number of ether oxygens (including phenoxy) is 1. The van der Waals surface area contributed by atoms with Gasteiger partial charge in [0.1, 0.15) is 11.6 Å². The summed E-state index contributed by atoms with van der Waals surface area (Å²) >= 11 is 0. The normalized spacial score (nSPS) is 32.6. The Balaban J connectivity index is 1.18. The number of hydrogen-bond donors (Lipinski definition) is 1. The Hall–Kier alpha value is -2.86. The number of fused-ring (bicyclic) bond motifs is 1. The lowest BCUT2D eigenvalue weighted by molar-refractivity contribution is -0.337. The van der Waals surface area contributed by atoms with Gasteiger partial charge in [0.2, 0.25) is 5.95 Å². The molecule has 2 aliphatic heterocycles. The van der Waals surface area contributed by atoms with Crippen LogP contribution in [0.1, 0.15) is 79.7 Å². The first-order valence-corrected chi connectivity index (χ1v) is 13.9. The minimum Gasteiger partial charge on any atom is -0.367 e. The second-order valence-corrected chi connectivity index (χ2v) is 12.5. The molecule has 2 bridgehead atoms. The van der Waals surface area contributed by atoms with Crippen LogP contribution in [0.3, 0.4) is 0 Å². The zero-order valence-electron chi connectivity index (χ0n) is 22.0. The maximum Gasteiger partial charge on any atom is 0.394 e. The third-order valence-corrected chi connectivity index (χ3v) is 9.49. The molecular formula is C27H31F3N8O. The van der Waals surface area contributed by atoms with Crippen molar-refractivity contribution in [1.82, 2.24) is 35.0 Å². The Bertz CT molecular complexity index is 1460. The van der Waals surface area contributed by atoms with E-state index in [1.165, 1.54) is 0 Å². The molecule has 3 aromatic heterocycles. The highest BCUT2D eigenvalue weighted by atomic mass is 19.4. The molecule has 39 heavy (non-hydrogen) atoms. The summed E-state index contributed by atoms with van der Waals surface area (Å²) in [5.41, 5.74) is 2.18. The fourth-order valence-corrected chi connectivity index (χ4v) is 7.11. The van der Waals surface area contributed by atoms with Crippen LogP contribution in [-0.2, 0) is 10.2 Å². The van der Waals surface area contributed by atoms with Crippen LogP contribution in [0, 0.1) is 12.3 Å². The molecule has 6 aliphatic rings. The molecule has 12 heteroatoms. The lowest BCUT2D eigenvalue weighted by Crippen LogP contribution is -2.70. The molecule has 0 amide bonds. The molecule has 1 N–H and O–H groups in total. The van der Waals surface area contributed by atoms with Crippen molar-refractivity contribution < 1.29 is 17.9 Å². The summed E-state index contributed by atoms with van der Waals surface area (Å²) in [7, 11) is 0. The van der Waals surface area contributed by atoms with Gasteiger partial charge in [-0.25, -0.2) is 15.0 Å². The number of anilines is 1. The minimum absolute atomic E-state index is 0.0629. The summed E-state index contributed by atoms with van der Waals surface area (Å²) in [5.74, 6) is 0.742. The van der Waals surface area contributed by atoms with Crippen LogP contribution in [-0.4, -0.2) is 68.2 Å². The molecule has 6 fully saturated rings. The third-order valence-electron chi connectivity index (χ3n) is 9.49. The van der Waals surface area contributed by atoms with Gasteiger partial charge in [0, 0.05) is 42.7 Å². The predicted molar refractivity (Wildman–Crippen MR) is 135 cm³/mol. The van der Waals surface area contributed by atoms with E-state index in [-0.39, 0.29) is 37.4 Å². The van der Waals surface area contributed by atoms with E-state index < -0.39 is 17.0 Å². The molecule has 0 spiro atoms. The summed E-state index contributed by atoms with van der Waals surface area (Å²) in [6.45, 7) is 6.71. The first-order chi connectivity index (χ1) is 18.6. The number of halogens is 3. The Labute approximate surface area is 223 Å². The van der Waals surface area contributed by atoms with Gasteiger partial charge in [0.15, 0.2) is 5.65 Å². The van der Waals surface area contributed by atoms with Gasteiger partial charge in [0.05, 0.1) is 47.4 Å². The summed E-state index contributed by atoms with van der Waals surface area (Å²) in [6, 6.07) is 0.484. The van der Waals surface area contributed by atoms with Crippen molar-refractivity contribution in [2.75, 3.05) is 31.1 Å². The number of aryl methyl sites for hydroxylation is 1. The highest BCUT2D eigenvalue weighted by molar-refractivity contribution is 5.77. The monoisotopic (exact) mass is 540 g/mol. The van der Waals surface area contributed by atoms with E-state index in [1.807, 2.05) is 24.7 Å². The lowest BCUT2D eigenvalue weighted by atomic mass is 9.34. The highest BCUT2D eigenvalue weighted by Gasteiger charge is 2.79. The van der Waals surface area contributed by atoms with E-state index in [1.54, 1.807) is 0 Å². The Morgan fingerprint density at radius 2 is 1.82 bits per heavy atom. The average Bonchev–Trinajstić information content (AvgIpc) is 3.51. The molecule has 0 radical (unpaired) electrons. The van der Waals surface area contributed by atoms with Crippen molar-refractivity contribution in [3.63, 3.8) is 0 Å². The SMILES string of the molecule is Cc1nc2nc(N3CC(C)OC(c4cnn(C5CC5)c4)C3)nc(C34CC(C(F)(F)F)(C3)C4)c2nc1C1CNC1. The Kier molecular flexibility index (Phi) is 4.84. The molecule has 0 aromatic carbocycles. The standard InChI is InChI=1S/C27H31F3N8O/c1-14-8-37(10-19(39-14)17-7-32-38(9-17)18-3-4-18)24-35-22(25-11-26(12-25,13-25)27(28,29)30)21-23(36-24)33-15(2)20(34-21)16-5-31-6-16/h7,9,14,16,18-19,31H,3-6,8,10-13H2,1-2H3. The average molecular weight is 541 g/mol. The van der Waals surface area contributed by atoms with Crippen LogP contribution in [0.4, 0.5) is 19.1 Å². The third kappa shape index (κ3) is 3.56. The van der Waals surface area contributed by atoms with Crippen molar-refractivity contribution in [1.29, 1.82) is 0 Å². The number of nitrogens with zero attached hydrogens (tertiary/aromatic N) is 7. The van der Waals surface area contributed by atoms with Gasteiger partial charge in [-0.1, -0.05) is 0 Å². The van der Waals surface area contributed by atoms with Gasteiger partial charge in [-0.05, 0) is 46.0 Å². The molecule has 9 nitrogen and oxygen atoms in total. The number of alkyl halides is 3. The second-order valence-electron chi connectivity index (χ2n) is 12.5. The van der Waals surface area contributed by atoms with Gasteiger partial charge in [0.25, 0.3) is 0 Å². The zero-order chi connectivity index (χ0) is 26.7. The topological polar surface area (TPSA) is 93.9 Å². The van der Waals surface area contributed by atoms with Crippen molar-refractivity contribution in [3.8, 4) is 0 Å². The lowest BCUT2D eigenvalue weighted by Gasteiger charge is -2.70. The van der Waals surface area contributed by atoms with E-state index in [0.717, 1.165) is 42.9 Å². The first-order valence-electron chi connectivity index (χ1n) is 13.9. The molecule has 2 atom stereocenters. The van der Waals surface area contributed by atoms with Crippen LogP contribution in [0.25, 0.3) is 11.2 Å². The minimum atomic E-state index is -4.19. The molecule has 4 aliphatic carbocycles. The van der Waals surface area contributed by atoms with Crippen LogP contribution in [0.5, 0.6) is 0 Å². The van der Waals surface area contributed by atoms with Crippen LogP contribution in [0.2, 0.25) is 0 Å². The zero-order valence-corrected chi connectivity index (χ0v) is 22.0.